The molecule has 1 unspecified atom stereocenters. The van der Waals surface area contributed by atoms with Crippen molar-refractivity contribution >= 4 is 23.5 Å². The molecule has 0 radical (unpaired) electrons. The Balaban J connectivity index is -0.000000500. The predicted molar refractivity (Wildman–Crippen MR) is 33.5 cm³/mol. The van der Waals surface area contributed by atoms with E-state index in [1.807, 2.05) is 0 Å². The van der Waals surface area contributed by atoms with Gasteiger partial charge in [0.15, 0.2) is 0 Å². The number of carbonyl (C=O) groups excluding carboxylic acids is 2. The standard InChI is InChI=1S/C6H9ClO4.2Na/c7-4(6(10)11)2-1-3-5(8)9;;/h4H,1-3H2,(H,8,9)(H,10,11);;/q;2*+1/p-2. The molecule has 13 heavy (non-hydrogen) atoms. The van der Waals surface area contributed by atoms with E-state index in [1.54, 1.807) is 0 Å². The van der Waals surface area contributed by atoms with Crippen LogP contribution in [-0.2, 0) is 9.59 Å². The van der Waals surface area contributed by atoms with Gasteiger partial charge < -0.3 is 19.8 Å². The molecule has 0 amide bonds. The molecule has 0 heterocycles. The van der Waals surface area contributed by atoms with Crippen LogP contribution in [0.15, 0.2) is 0 Å². The van der Waals surface area contributed by atoms with E-state index >= 15 is 0 Å². The van der Waals surface area contributed by atoms with Crippen molar-refractivity contribution in [2.75, 3.05) is 0 Å². The minimum absolute atomic E-state index is 0. The largest absolute Gasteiger partial charge is 1.00 e. The molecule has 0 aromatic heterocycles. The summed E-state index contributed by atoms with van der Waals surface area (Å²) in [5, 5.41) is 18.7. The van der Waals surface area contributed by atoms with E-state index in [1.165, 1.54) is 0 Å². The first kappa shape index (κ1) is 19.7. The second-order valence-electron chi connectivity index (χ2n) is 2.05. The summed E-state index contributed by atoms with van der Waals surface area (Å²) in [5.41, 5.74) is 0. The monoisotopic (exact) mass is 224 g/mol. The molecule has 0 rings (SSSR count). The quantitative estimate of drug-likeness (QED) is 0.343. The molecule has 0 aliphatic heterocycles. The third kappa shape index (κ3) is 13.2. The van der Waals surface area contributed by atoms with Gasteiger partial charge >= 0.3 is 59.1 Å². The van der Waals surface area contributed by atoms with E-state index < -0.39 is 17.3 Å². The van der Waals surface area contributed by atoms with Crippen LogP contribution in [0.3, 0.4) is 0 Å². The average Bonchev–Trinajstić information content (AvgIpc) is 1.86. The zero-order valence-corrected chi connectivity index (χ0v) is 12.5. The molecule has 0 saturated carbocycles. The van der Waals surface area contributed by atoms with Gasteiger partial charge in [0.2, 0.25) is 0 Å². The number of rotatable bonds is 5. The van der Waals surface area contributed by atoms with Crippen molar-refractivity contribution in [2.45, 2.75) is 24.6 Å². The first-order valence-electron chi connectivity index (χ1n) is 3.09. The molecule has 0 bridgehead atoms. The van der Waals surface area contributed by atoms with Gasteiger partial charge in [0, 0.05) is 5.97 Å². The summed E-state index contributed by atoms with van der Waals surface area (Å²) < 4.78 is 0. The number of carboxylic acids is 2. The molecular formula is C6H7ClNa2O4. The van der Waals surface area contributed by atoms with Crippen LogP contribution in [-0.4, -0.2) is 17.3 Å². The maximum absolute atomic E-state index is 9.97. The minimum Gasteiger partial charge on any atom is -0.550 e. The molecule has 0 fully saturated rings. The number of carbonyl (C=O) groups is 2. The van der Waals surface area contributed by atoms with Gasteiger partial charge in [-0.25, -0.2) is 0 Å². The third-order valence-corrected chi connectivity index (χ3v) is 1.49. The Labute approximate surface area is 126 Å². The van der Waals surface area contributed by atoms with Crippen LogP contribution >= 0.6 is 11.6 Å². The van der Waals surface area contributed by atoms with E-state index in [4.69, 9.17) is 11.6 Å². The Hall–Kier alpha value is 1.23. The molecule has 64 valence electrons. The van der Waals surface area contributed by atoms with Crippen molar-refractivity contribution in [3.05, 3.63) is 0 Å². The summed E-state index contributed by atoms with van der Waals surface area (Å²) in [7, 11) is 0. The van der Waals surface area contributed by atoms with Crippen LogP contribution in [0.4, 0.5) is 0 Å². The number of aliphatic carboxylic acids is 2. The molecule has 7 heteroatoms. The van der Waals surface area contributed by atoms with Gasteiger partial charge in [0.05, 0.1) is 11.3 Å². The second kappa shape index (κ2) is 11.3. The number of hydrogen-bond acceptors (Lipinski definition) is 4. The smallest absolute Gasteiger partial charge is 0.550 e. The summed E-state index contributed by atoms with van der Waals surface area (Å²) in [5.74, 6) is -2.57. The van der Waals surface area contributed by atoms with Crippen LogP contribution < -0.4 is 69.3 Å². The summed E-state index contributed by atoms with van der Waals surface area (Å²) in [6.07, 6.45) is 0.124. The van der Waals surface area contributed by atoms with Crippen LogP contribution in [0, 0.1) is 0 Å². The topological polar surface area (TPSA) is 80.3 Å². The summed E-state index contributed by atoms with van der Waals surface area (Å²) in [4.78, 5) is 19.8. The fourth-order valence-corrected chi connectivity index (χ4v) is 0.698. The SMILES string of the molecule is O=C([O-])CCCC(Cl)C(=O)[O-].[Na+].[Na+]. The van der Waals surface area contributed by atoms with Crippen molar-refractivity contribution in [1.29, 1.82) is 0 Å². The van der Waals surface area contributed by atoms with Gasteiger partial charge in [-0.2, -0.15) is 0 Å². The zero-order valence-electron chi connectivity index (χ0n) is 7.71. The van der Waals surface area contributed by atoms with Crippen molar-refractivity contribution < 1.29 is 78.9 Å². The summed E-state index contributed by atoms with van der Waals surface area (Å²) in [6.45, 7) is 0. The van der Waals surface area contributed by atoms with Crippen molar-refractivity contribution in [3.8, 4) is 0 Å². The van der Waals surface area contributed by atoms with Crippen molar-refractivity contribution in [1.82, 2.24) is 0 Å². The number of hydrogen-bond donors (Lipinski definition) is 0. The van der Waals surface area contributed by atoms with Gasteiger partial charge in [0.25, 0.3) is 0 Å². The van der Waals surface area contributed by atoms with Gasteiger partial charge in [-0.15, -0.1) is 11.6 Å². The third-order valence-electron chi connectivity index (χ3n) is 1.09. The van der Waals surface area contributed by atoms with Crippen LogP contribution in [0.1, 0.15) is 19.3 Å². The van der Waals surface area contributed by atoms with Crippen LogP contribution in [0.25, 0.3) is 0 Å². The second-order valence-corrected chi connectivity index (χ2v) is 2.58. The van der Waals surface area contributed by atoms with Gasteiger partial charge in [0.1, 0.15) is 0 Å². The Kier molecular flexibility index (Phi) is 17.2. The molecule has 0 saturated heterocycles. The fourth-order valence-electron chi connectivity index (χ4n) is 0.543. The summed E-state index contributed by atoms with van der Waals surface area (Å²) >= 11 is 5.22. The Morgan fingerprint density at radius 3 is 2.00 bits per heavy atom. The molecule has 0 aliphatic rings. The predicted octanol–water partition coefficient (Wildman–Crippen LogP) is -7.73. The molecule has 1 atom stereocenters. The maximum atomic E-state index is 9.97. The molecule has 0 aliphatic carbocycles. The first-order valence-corrected chi connectivity index (χ1v) is 3.52. The van der Waals surface area contributed by atoms with Gasteiger partial charge in [-0.05, 0) is 19.3 Å². The number of alkyl halides is 1. The Bertz CT molecular complexity index is 165. The minimum atomic E-state index is -1.37. The number of halogens is 1. The molecule has 0 spiro atoms. The molecule has 0 N–H and O–H groups in total. The van der Waals surface area contributed by atoms with E-state index in [9.17, 15) is 19.8 Å². The van der Waals surface area contributed by atoms with Gasteiger partial charge in [-0.1, -0.05) is 0 Å². The number of carboxylic acid groups (broad SMARTS) is 2. The van der Waals surface area contributed by atoms with Crippen LogP contribution in [0.5, 0.6) is 0 Å². The maximum Gasteiger partial charge on any atom is 1.00 e. The Morgan fingerprint density at radius 1 is 1.23 bits per heavy atom. The van der Waals surface area contributed by atoms with Gasteiger partial charge in [-0.3, -0.25) is 0 Å². The van der Waals surface area contributed by atoms with E-state index in [2.05, 4.69) is 0 Å². The first-order chi connectivity index (χ1) is 5.04. The van der Waals surface area contributed by atoms with Crippen molar-refractivity contribution in [2.24, 2.45) is 0 Å². The molecule has 4 nitrogen and oxygen atoms in total. The van der Waals surface area contributed by atoms with Crippen LogP contribution in [0.2, 0.25) is 0 Å². The molecular weight excluding hydrogens is 217 g/mol. The fraction of sp³-hybridized carbons (Fsp3) is 0.667. The zero-order chi connectivity index (χ0) is 8.85. The normalized spacial score (nSPS) is 10.5. The van der Waals surface area contributed by atoms with E-state index in [-0.39, 0.29) is 78.4 Å². The molecule has 0 aromatic rings. The van der Waals surface area contributed by atoms with E-state index in [0.29, 0.717) is 0 Å². The molecule has 0 aromatic carbocycles. The Morgan fingerprint density at radius 2 is 1.69 bits per heavy atom. The van der Waals surface area contributed by atoms with E-state index in [0.717, 1.165) is 0 Å². The average molecular weight is 225 g/mol. The van der Waals surface area contributed by atoms with Crippen molar-refractivity contribution in [3.63, 3.8) is 0 Å². The summed E-state index contributed by atoms with van der Waals surface area (Å²) in [6, 6.07) is 0.